The number of anilines is 4. The molecule has 55 heavy (non-hydrogen) atoms. The van der Waals surface area contributed by atoms with Gasteiger partial charge < -0.3 is 25.6 Å². The van der Waals surface area contributed by atoms with Crippen LogP contribution in [0.3, 0.4) is 0 Å². The predicted molar refractivity (Wildman–Crippen MR) is 189 cm³/mol. The number of carbonyl (C=O) groups is 1. The summed E-state index contributed by atoms with van der Waals surface area (Å²) in [7, 11) is -13.2. The van der Waals surface area contributed by atoms with Crippen molar-refractivity contribution in [3.05, 3.63) is 89.9 Å². The van der Waals surface area contributed by atoms with Crippen molar-refractivity contribution >= 4 is 70.8 Å². The molecule has 4 aromatic rings. The zero-order chi connectivity index (χ0) is 39.7. The molecule has 0 aliphatic carbocycles. The van der Waals surface area contributed by atoms with Gasteiger partial charge in [-0.15, -0.1) is 10.2 Å². The maximum atomic E-state index is 14.3. The van der Waals surface area contributed by atoms with Gasteiger partial charge in [-0.3, -0.25) is 14.5 Å². The first-order valence-electron chi connectivity index (χ1n) is 14.7. The molecule has 0 fully saturated rings. The minimum absolute atomic E-state index is 0. The molecule has 0 saturated carbocycles. The fourth-order valence-electron chi connectivity index (χ4n) is 4.02. The van der Waals surface area contributed by atoms with Gasteiger partial charge in [0.1, 0.15) is 11.4 Å². The Hall–Kier alpha value is -5.47. The number of azo groups is 1. The van der Waals surface area contributed by atoms with E-state index in [2.05, 4.69) is 52.9 Å². The molecule has 1 heterocycles. The number of rotatable bonds is 17. The summed E-state index contributed by atoms with van der Waals surface area (Å²) in [6.07, 6.45) is -1.31. The summed E-state index contributed by atoms with van der Waals surface area (Å²) in [5.74, 6) is -3.83. The number of carboxylic acids is 1. The number of ether oxygens (including phenoxy) is 1. The van der Waals surface area contributed by atoms with Crippen molar-refractivity contribution in [1.29, 1.82) is 0 Å². The first-order chi connectivity index (χ1) is 25.4. The third kappa shape index (κ3) is 12.8. The number of aromatic carboxylic acids is 1. The van der Waals surface area contributed by atoms with E-state index in [0.29, 0.717) is 0 Å². The van der Waals surface area contributed by atoms with Crippen molar-refractivity contribution in [3.63, 3.8) is 0 Å². The molecule has 1 aromatic heterocycles. The van der Waals surface area contributed by atoms with Gasteiger partial charge in [0.2, 0.25) is 17.7 Å². The van der Waals surface area contributed by atoms with Crippen LogP contribution < -0.4 is 16.1 Å². The summed E-state index contributed by atoms with van der Waals surface area (Å²) in [5, 5.41) is 38.2. The molecule has 21 nitrogen and oxygen atoms in total. The third-order valence-electron chi connectivity index (χ3n) is 6.60. The number of nitrogens with one attached hydrogen (secondary N) is 3. The number of halogens is 1. The molecule has 297 valence electrons. The number of aromatic nitrogens is 3. The van der Waals surface area contributed by atoms with Crippen LogP contribution in [-0.4, -0.2) is 96.8 Å². The summed E-state index contributed by atoms with van der Waals surface area (Å²) in [5.41, 5.74) is 0.571. The number of benzene rings is 3. The van der Waals surface area contributed by atoms with Crippen LogP contribution >= 0.6 is 0 Å². The number of aromatic hydroxyl groups is 1. The van der Waals surface area contributed by atoms with Crippen LogP contribution in [-0.2, 0) is 51.9 Å². The normalized spacial score (nSPS) is 12.2. The molecule has 0 unspecified atom stereocenters. The van der Waals surface area contributed by atoms with E-state index in [-0.39, 0.29) is 59.9 Å². The van der Waals surface area contributed by atoms with Gasteiger partial charge in [-0.05, 0) is 30.3 Å². The number of hydrogen-bond donors (Lipinski definition) is 7. The summed E-state index contributed by atoms with van der Waals surface area (Å²) >= 11 is 0. The van der Waals surface area contributed by atoms with E-state index in [0.717, 1.165) is 35.7 Å². The molecule has 1 radical (unpaired) electrons. The van der Waals surface area contributed by atoms with Crippen LogP contribution in [0.5, 0.6) is 5.75 Å². The first-order valence-corrected chi connectivity index (χ1v) is 19.3. The summed E-state index contributed by atoms with van der Waals surface area (Å²) in [6.45, 7) is 2.98. The Morgan fingerprint density at radius 3 is 2.18 bits per heavy atom. The number of phenols is 1. The zero-order valence-electron chi connectivity index (χ0n) is 27.5. The van der Waals surface area contributed by atoms with E-state index < -0.39 is 86.2 Å². The number of hydrogen-bond acceptors (Lipinski definition) is 17. The topological polar surface area (TPSA) is 321 Å². The summed E-state index contributed by atoms with van der Waals surface area (Å²) < 4.78 is 109. The number of amidine groups is 1. The maximum absolute atomic E-state index is 14.3. The van der Waals surface area contributed by atoms with Crippen molar-refractivity contribution in [2.45, 2.75) is 9.79 Å². The van der Waals surface area contributed by atoms with Crippen LogP contribution in [0.1, 0.15) is 15.9 Å². The van der Waals surface area contributed by atoms with E-state index in [1.807, 2.05) is 0 Å². The average molecular weight is 873 g/mol. The second kappa shape index (κ2) is 18.7. The number of nitrogens with zero attached hydrogens (tertiary/aromatic N) is 6. The van der Waals surface area contributed by atoms with Gasteiger partial charge in [0.25, 0.3) is 20.2 Å². The van der Waals surface area contributed by atoms with Crippen LogP contribution in [0.25, 0.3) is 0 Å². The molecule has 0 amide bonds. The molecule has 0 atom stereocenters. The predicted octanol–water partition coefficient (Wildman–Crippen LogP) is 3.19. The van der Waals surface area contributed by atoms with Gasteiger partial charge in [0, 0.05) is 34.6 Å². The quantitative estimate of drug-likeness (QED) is 0.0117. The van der Waals surface area contributed by atoms with E-state index in [9.17, 15) is 53.8 Å². The summed E-state index contributed by atoms with van der Waals surface area (Å²) in [4.78, 5) is 21.1. The number of hydrazone groups is 1. The molecule has 7 N–H and O–H groups in total. The number of phenolic OH excluding ortho intramolecular Hbond substituents is 1. The van der Waals surface area contributed by atoms with E-state index in [4.69, 9.17) is 4.74 Å². The average Bonchev–Trinajstić information content (AvgIpc) is 3.10. The number of carboxylic acid groups (broad SMARTS) is 1. The van der Waals surface area contributed by atoms with Crippen molar-refractivity contribution in [1.82, 2.24) is 15.0 Å². The Kier molecular flexibility index (Phi) is 15.0. The smallest absolute Gasteiger partial charge is 0.337 e. The third-order valence-corrected chi connectivity index (χ3v) is 9.52. The van der Waals surface area contributed by atoms with Crippen molar-refractivity contribution < 1.29 is 75.6 Å². The van der Waals surface area contributed by atoms with Gasteiger partial charge >= 0.3 is 12.0 Å². The maximum Gasteiger partial charge on any atom is 0.337 e. The van der Waals surface area contributed by atoms with E-state index in [1.165, 1.54) is 12.1 Å². The van der Waals surface area contributed by atoms with Gasteiger partial charge in [-0.2, -0.15) is 41.3 Å². The zero-order valence-corrected chi connectivity index (χ0v) is 30.9. The van der Waals surface area contributed by atoms with E-state index >= 15 is 0 Å². The number of sulfone groups is 1. The fourth-order valence-corrected chi connectivity index (χ4v) is 5.57. The van der Waals surface area contributed by atoms with Crippen LogP contribution in [0.4, 0.5) is 33.3 Å². The second-order valence-electron chi connectivity index (χ2n) is 10.4. The molecule has 0 spiro atoms. The molecular weight excluding hydrogens is 845 g/mol. The SMILES string of the molecule is C=CS(=O)(=O)CCOCCNc1nc(F)nc(Nc2cc(S(=O)(=O)O)cc(N/N=C(/N=Nc3cc(S(=O)(=O)O)ccc3C(=O)O)c3ccccc3)c2O)n1.[Cu]. The van der Waals surface area contributed by atoms with Gasteiger partial charge in [-0.1, -0.05) is 36.9 Å². The van der Waals surface area contributed by atoms with Crippen molar-refractivity contribution in [2.24, 2.45) is 15.3 Å². The fraction of sp³-hybridized carbons (Fsp3) is 0.138. The van der Waals surface area contributed by atoms with Crippen LogP contribution in [0.15, 0.2) is 97.8 Å². The summed E-state index contributed by atoms with van der Waals surface area (Å²) in [6, 6.07) is 11.7. The monoisotopic (exact) mass is 872 g/mol. The van der Waals surface area contributed by atoms with Crippen molar-refractivity contribution in [2.75, 3.05) is 41.6 Å². The Bertz CT molecular complexity index is 2460. The molecule has 0 aliphatic rings. The first kappa shape index (κ1) is 43.9. The van der Waals surface area contributed by atoms with Gasteiger partial charge in [-0.25, -0.2) is 13.2 Å². The van der Waals surface area contributed by atoms with Crippen LogP contribution in [0.2, 0.25) is 0 Å². The molecule has 0 saturated heterocycles. The minimum Gasteiger partial charge on any atom is -0.504 e. The van der Waals surface area contributed by atoms with Gasteiger partial charge in [0.15, 0.2) is 15.6 Å². The Morgan fingerprint density at radius 1 is 0.891 bits per heavy atom. The molecule has 0 aliphatic heterocycles. The standard InChI is InChI=1S/C29H28FN9O12S3.Cu/c1-2-52(43,44)13-12-51-11-10-31-28-33-27(30)34-29(35-28)32-22-15-19(54(48,49)50)16-23(24(22)40)37-39-25(17-6-4-3-5-7-17)38-36-21-14-18(53(45,46)47)8-9-20(21)26(41)42;/h2-9,14-16,37,40H,1,10-13H2,(H,41,42)(H,45,46,47)(H,48,49,50)(H2,31,32,33,34,35);/b38-36?,39-25+;. The van der Waals surface area contributed by atoms with Crippen molar-refractivity contribution in [3.8, 4) is 5.75 Å². The minimum atomic E-state index is -4.97. The Labute approximate surface area is 322 Å². The Balaban J connectivity index is 0.00000812. The largest absolute Gasteiger partial charge is 0.504 e. The molecule has 3 aromatic carbocycles. The van der Waals surface area contributed by atoms with Gasteiger partial charge in [0.05, 0.1) is 40.0 Å². The Morgan fingerprint density at radius 2 is 1.55 bits per heavy atom. The molecule has 26 heteroatoms. The second-order valence-corrected chi connectivity index (χ2v) is 15.3. The van der Waals surface area contributed by atoms with Crippen LogP contribution in [0, 0.1) is 6.08 Å². The molecule has 4 rings (SSSR count). The molecule has 0 bridgehead atoms. The molecular formula is C29H28CuFN9O12S3. The van der Waals surface area contributed by atoms with E-state index in [1.54, 1.807) is 18.2 Å².